The number of likely N-dealkylation sites (tertiary alicyclic amines) is 1. The van der Waals surface area contributed by atoms with Crippen LogP contribution in [0, 0.1) is 11.7 Å². The fourth-order valence-electron chi connectivity index (χ4n) is 5.68. The molecule has 1 unspecified atom stereocenters. The number of aromatic nitrogens is 1. The highest BCUT2D eigenvalue weighted by Crippen LogP contribution is 2.33. The Hall–Kier alpha value is -3.09. The van der Waals surface area contributed by atoms with Crippen molar-refractivity contribution in [1.29, 1.82) is 0 Å². The number of nitrogens with zero attached hydrogens (tertiary/aromatic N) is 2. The molecule has 2 heterocycles. The van der Waals surface area contributed by atoms with Crippen molar-refractivity contribution >= 4 is 28.5 Å². The predicted octanol–water partition coefficient (Wildman–Crippen LogP) is 7.86. The summed E-state index contributed by atoms with van der Waals surface area (Å²) in [5, 5.41) is 3.77. The second kappa shape index (κ2) is 13.5. The number of halogens is 1. The summed E-state index contributed by atoms with van der Waals surface area (Å²) in [6.45, 7) is 16.9. The number of allylic oxidation sites excluding steroid dienone is 4. The minimum Gasteiger partial charge on any atom is -0.444 e. The smallest absolute Gasteiger partial charge is 0.408 e. The Bertz CT molecular complexity index is 1250. The topological polar surface area (TPSA) is 63.6 Å². The molecule has 2 aromatic rings. The molecule has 1 fully saturated rings. The first kappa shape index (κ1) is 31.4. The first-order chi connectivity index (χ1) is 18.9. The zero-order chi connectivity index (χ0) is 29.6. The van der Waals surface area contributed by atoms with Gasteiger partial charge in [0.05, 0.1) is 0 Å². The van der Waals surface area contributed by atoms with Crippen molar-refractivity contribution in [2.45, 2.75) is 112 Å². The van der Waals surface area contributed by atoms with Crippen molar-refractivity contribution < 1.29 is 18.7 Å². The standard InChI is InChI=1S/C33H48FN3O3/c1-9-12-14-23(5)30(35-32(39)40-33(6,7)8)31(38)37-18-13-15-25(37)20-36-21-28(26(11-3)22(4)10-2)27-19-24(34)16-17-29(27)36/h10-11,16-17,19,21,23,25,30H,9,12-15,18,20H2,1-8H3,(H,35,39)/b22-10-,26-11+/t23?,25-,30-/m0/s1. The van der Waals surface area contributed by atoms with Crippen molar-refractivity contribution in [3.63, 3.8) is 0 Å². The molecular weight excluding hydrogens is 505 g/mol. The Morgan fingerprint density at radius 1 is 1.23 bits per heavy atom. The van der Waals surface area contributed by atoms with Gasteiger partial charge in [-0.2, -0.15) is 0 Å². The number of hydrogen-bond acceptors (Lipinski definition) is 3. The predicted molar refractivity (Wildman–Crippen MR) is 162 cm³/mol. The van der Waals surface area contributed by atoms with Gasteiger partial charge in [-0.25, -0.2) is 9.18 Å². The fraction of sp³-hybridized carbons (Fsp3) is 0.576. The molecule has 7 heteroatoms. The largest absolute Gasteiger partial charge is 0.444 e. The molecule has 1 aromatic carbocycles. The van der Waals surface area contributed by atoms with Crippen LogP contribution >= 0.6 is 0 Å². The maximum absolute atomic E-state index is 14.4. The number of fused-ring (bicyclic) bond motifs is 1. The van der Waals surface area contributed by atoms with Crippen molar-refractivity contribution in [1.82, 2.24) is 14.8 Å². The van der Waals surface area contributed by atoms with Gasteiger partial charge in [-0.15, -0.1) is 0 Å². The van der Waals surface area contributed by atoms with Crippen molar-refractivity contribution in [3.05, 3.63) is 53.5 Å². The third-order valence-corrected chi connectivity index (χ3v) is 7.87. The summed E-state index contributed by atoms with van der Waals surface area (Å²) in [6, 6.07) is 4.24. The number of benzene rings is 1. The van der Waals surface area contributed by atoms with Gasteiger partial charge in [-0.3, -0.25) is 4.79 Å². The van der Waals surface area contributed by atoms with Crippen LogP contribution in [0.25, 0.3) is 16.5 Å². The van der Waals surface area contributed by atoms with Gasteiger partial charge in [-0.05, 0) is 96.1 Å². The number of unbranched alkanes of at least 4 members (excludes halogenated alkanes) is 1. The molecule has 220 valence electrons. The SMILES string of the molecule is C/C=C(C)\C(=C/C)c1cn(C[C@@H]2CCCN2C(=O)[C@@H](NC(=O)OC(C)(C)C)C(C)CCCC)c2ccc(F)cc12. The maximum atomic E-state index is 14.4. The lowest BCUT2D eigenvalue weighted by Gasteiger charge is -2.33. The van der Waals surface area contributed by atoms with Gasteiger partial charge >= 0.3 is 6.09 Å². The van der Waals surface area contributed by atoms with Gasteiger partial charge < -0.3 is 19.5 Å². The highest BCUT2D eigenvalue weighted by molar-refractivity contribution is 5.97. The summed E-state index contributed by atoms with van der Waals surface area (Å²) >= 11 is 0. The number of ether oxygens (including phenoxy) is 1. The lowest BCUT2D eigenvalue weighted by atomic mass is 9.94. The van der Waals surface area contributed by atoms with E-state index >= 15 is 0 Å². The number of nitrogens with one attached hydrogen (secondary N) is 1. The minimum atomic E-state index is -0.653. The number of carbonyl (C=O) groups excluding carboxylic acids is 2. The summed E-state index contributed by atoms with van der Waals surface area (Å²) < 4.78 is 22.0. The summed E-state index contributed by atoms with van der Waals surface area (Å²) in [5.74, 6) is -0.349. The van der Waals surface area contributed by atoms with Crippen LogP contribution in [0.2, 0.25) is 0 Å². The lowest BCUT2D eigenvalue weighted by Crippen LogP contribution is -2.54. The monoisotopic (exact) mass is 553 g/mol. The molecule has 3 atom stereocenters. The second-order valence-electron chi connectivity index (χ2n) is 12.1. The molecule has 1 N–H and O–H groups in total. The van der Waals surface area contributed by atoms with E-state index in [-0.39, 0.29) is 23.7 Å². The zero-order valence-corrected chi connectivity index (χ0v) is 25.6. The fourth-order valence-corrected chi connectivity index (χ4v) is 5.68. The summed E-state index contributed by atoms with van der Waals surface area (Å²) in [7, 11) is 0. The Morgan fingerprint density at radius 2 is 1.95 bits per heavy atom. The second-order valence-corrected chi connectivity index (χ2v) is 12.1. The van der Waals surface area contributed by atoms with Crippen molar-refractivity contribution in [2.75, 3.05) is 6.54 Å². The third-order valence-electron chi connectivity index (χ3n) is 7.87. The van der Waals surface area contributed by atoms with E-state index in [0.29, 0.717) is 13.1 Å². The van der Waals surface area contributed by atoms with Gasteiger partial charge in [0.25, 0.3) is 0 Å². The van der Waals surface area contributed by atoms with Crippen molar-refractivity contribution in [2.24, 2.45) is 5.92 Å². The molecule has 0 spiro atoms. The maximum Gasteiger partial charge on any atom is 0.408 e. The molecule has 1 saturated heterocycles. The molecule has 1 aromatic heterocycles. The van der Waals surface area contributed by atoms with E-state index in [1.807, 2.05) is 52.5 Å². The highest BCUT2D eigenvalue weighted by Gasteiger charge is 2.37. The molecule has 0 bridgehead atoms. The first-order valence-corrected chi connectivity index (χ1v) is 14.8. The Balaban J connectivity index is 1.92. The van der Waals surface area contributed by atoms with Gasteiger partial charge in [0.2, 0.25) is 5.91 Å². The number of alkyl carbamates (subject to hydrolysis) is 1. The van der Waals surface area contributed by atoms with Crippen LogP contribution in [-0.2, 0) is 16.1 Å². The summed E-state index contributed by atoms with van der Waals surface area (Å²) in [6.07, 6.45) is 10.3. The number of hydrogen-bond donors (Lipinski definition) is 1. The zero-order valence-electron chi connectivity index (χ0n) is 25.6. The van der Waals surface area contributed by atoms with Crippen molar-refractivity contribution in [3.8, 4) is 0 Å². The lowest BCUT2D eigenvalue weighted by molar-refractivity contribution is -0.135. The van der Waals surface area contributed by atoms with E-state index in [1.165, 1.54) is 6.07 Å². The molecule has 0 saturated carbocycles. The minimum absolute atomic E-state index is 0.0238. The molecule has 0 aliphatic carbocycles. The van der Waals surface area contributed by atoms with Crippen LogP contribution < -0.4 is 5.32 Å². The van der Waals surface area contributed by atoms with Crippen LogP contribution in [0.1, 0.15) is 93.1 Å². The normalized spacial score (nSPS) is 18.2. The number of carbonyl (C=O) groups is 2. The van der Waals surface area contributed by atoms with Gasteiger partial charge in [0.1, 0.15) is 17.5 Å². The first-order valence-electron chi connectivity index (χ1n) is 14.8. The number of rotatable bonds is 10. The average molecular weight is 554 g/mol. The molecule has 6 nitrogen and oxygen atoms in total. The Morgan fingerprint density at radius 3 is 2.58 bits per heavy atom. The molecule has 0 radical (unpaired) electrons. The van der Waals surface area contributed by atoms with E-state index < -0.39 is 17.7 Å². The number of amides is 2. The molecule has 2 amide bonds. The molecule has 40 heavy (non-hydrogen) atoms. The summed E-state index contributed by atoms with van der Waals surface area (Å²) in [4.78, 5) is 28.7. The van der Waals surface area contributed by atoms with E-state index in [0.717, 1.165) is 59.7 Å². The quantitative estimate of drug-likeness (QED) is 0.305. The van der Waals surface area contributed by atoms with E-state index in [2.05, 4.69) is 42.1 Å². The van der Waals surface area contributed by atoms with Crippen LogP contribution in [0.3, 0.4) is 0 Å². The molecule has 3 rings (SSSR count). The van der Waals surface area contributed by atoms with Crippen LogP contribution in [0.15, 0.2) is 42.1 Å². The van der Waals surface area contributed by atoms with Gasteiger partial charge in [0.15, 0.2) is 0 Å². The molecular formula is C33H48FN3O3. The van der Waals surface area contributed by atoms with Gasteiger partial charge in [0, 0.05) is 41.8 Å². The molecule has 1 aliphatic rings. The van der Waals surface area contributed by atoms with Crippen LogP contribution in [0.4, 0.5) is 9.18 Å². The Labute approximate surface area is 239 Å². The van der Waals surface area contributed by atoms with Gasteiger partial charge in [-0.1, -0.05) is 38.8 Å². The summed E-state index contributed by atoms with van der Waals surface area (Å²) in [5.41, 5.74) is 3.48. The van der Waals surface area contributed by atoms with E-state index in [4.69, 9.17) is 4.74 Å². The van der Waals surface area contributed by atoms with Crippen LogP contribution in [-0.4, -0.2) is 45.7 Å². The Kier molecular flexibility index (Phi) is 10.6. The average Bonchev–Trinajstić information content (AvgIpc) is 3.49. The third kappa shape index (κ3) is 7.55. The highest BCUT2D eigenvalue weighted by atomic mass is 19.1. The van der Waals surface area contributed by atoms with E-state index in [1.54, 1.807) is 6.07 Å². The molecule has 1 aliphatic heterocycles. The van der Waals surface area contributed by atoms with E-state index in [9.17, 15) is 14.0 Å². The van der Waals surface area contributed by atoms with Crippen LogP contribution in [0.5, 0.6) is 0 Å².